The van der Waals surface area contributed by atoms with Crippen LogP contribution in [-0.4, -0.2) is 32.4 Å². The van der Waals surface area contributed by atoms with Crippen molar-refractivity contribution in [2.45, 2.75) is 39.8 Å². The highest BCUT2D eigenvalue weighted by atomic mass is 15.3. The maximum atomic E-state index is 4.43. The summed E-state index contributed by atoms with van der Waals surface area (Å²) in [6, 6.07) is 0. The van der Waals surface area contributed by atoms with Gasteiger partial charge < -0.3 is 9.88 Å². The Kier molecular flexibility index (Phi) is 5.15. The van der Waals surface area contributed by atoms with Crippen LogP contribution in [0.25, 0.3) is 0 Å². The lowest BCUT2D eigenvalue weighted by Gasteiger charge is -2.00. The highest BCUT2D eigenvalue weighted by molar-refractivity contribution is 5.07. The van der Waals surface area contributed by atoms with Crippen LogP contribution < -0.4 is 5.32 Å². The van der Waals surface area contributed by atoms with Crippen molar-refractivity contribution < 1.29 is 0 Å². The molecular formula is C14H23N5. The van der Waals surface area contributed by atoms with E-state index < -0.39 is 0 Å². The smallest absolute Gasteiger partial charge is 0.0952 e. The molecule has 0 spiro atoms. The molecule has 0 saturated carbocycles. The minimum atomic E-state index is 0.843. The molecule has 0 aliphatic carbocycles. The van der Waals surface area contributed by atoms with E-state index in [0.717, 1.165) is 38.3 Å². The lowest BCUT2D eigenvalue weighted by Crippen LogP contribution is -2.17. The van der Waals surface area contributed by atoms with Gasteiger partial charge in [-0.2, -0.15) is 5.10 Å². The van der Waals surface area contributed by atoms with E-state index in [1.165, 1.54) is 12.0 Å². The first-order valence-electron chi connectivity index (χ1n) is 7.04. The number of aryl methyl sites for hydroxylation is 1. The molecule has 2 heterocycles. The largest absolute Gasteiger partial charge is 0.333 e. The normalized spacial score (nSPS) is 11.1. The Morgan fingerprint density at radius 3 is 2.84 bits per heavy atom. The fourth-order valence-electron chi connectivity index (χ4n) is 2.01. The van der Waals surface area contributed by atoms with Crippen LogP contribution >= 0.6 is 0 Å². The third-order valence-corrected chi connectivity index (χ3v) is 3.05. The topological polar surface area (TPSA) is 47.7 Å². The highest BCUT2D eigenvalue weighted by Crippen LogP contribution is 2.04. The van der Waals surface area contributed by atoms with E-state index in [4.69, 9.17) is 0 Å². The van der Waals surface area contributed by atoms with Crippen molar-refractivity contribution in [3.05, 3.63) is 36.2 Å². The van der Waals surface area contributed by atoms with Gasteiger partial charge in [-0.15, -0.1) is 0 Å². The average Bonchev–Trinajstić information content (AvgIpc) is 3.05. The van der Waals surface area contributed by atoms with Gasteiger partial charge >= 0.3 is 0 Å². The molecule has 2 aromatic rings. The van der Waals surface area contributed by atoms with Crippen LogP contribution in [0.3, 0.4) is 0 Å². The van der Waals surface area contributed by atoms with E-state index in [9.17, 15) is 0 Å². The minimum Gasteiger partial charge on any atom is -0.333 e. The van der Waals surface area contributed by atoms with Crippen LogP contribution in [0.15, 0.2) is 24.9 Å². The average molecular weight is 261 g/mol. The van der Waals surface area contributed by atoms with Gasteiger partial charge in [-0.25, -0.2) is 4.98 Å². The summed E-state index contributed by atoms with van der Waals surface area (Å²) in [5.41, 5.74) is 2.36. The molecule has 0 amide bonds. The second kappa shape index (κ2) is 7.09. The van der Waals surface area contributed by atoms with Crippen molar-refractivity contribution >= 4 is 0 Å². The van der Waals surface area contributed by atoms with Crippen molar-refractivity contribution in [3.63, 3.8) is 0 Å². The van der Waals surface area contributed by atoms with E-state index in [-0.39, 0.29) is 0 Å². The lowest BCUT2D eigenvalue weighted by molar-refractivity contribution is 0.658. The van der Waals surface area contributed by atoms with Crippen LogP contribution in [0.1, 0.15) is 31.5 Å². The number of nitrogens with zero attached hydrogens (tertiary/aromatic N) is 4. The number of hydrogen-bond acceptors (Lipinski definition) is 3. The minimum absolute atomic E-state index is 0.843. The zero-order chi connectivity index (χ0) is 13.5. The third kappa shape index (κ3) is 4.21. The Morgan fingerprint density at radius 2 is 2.11 bits per heavy atom. The fraction of sp³-hybridized carbons (Fsp3) is 0.571. The predicted molar refractivity (Wildman–Crippen MR) is 76.1 cm³/mol. The van der Waals surface area contributed by atoms with E-state index in [1.54, 1.807) is 0 Å². The number of imidazole rings is 1. The Labute approximate surface area is 114 Å². The molecule has 1 N–H and O–H groups in total. The molecule has 0 aliphatic rings. The lowest BCUT2D eigenvalue weighted by atomic mass is 10.3. The Bertz CT molecular complexity index is 485. The molecule has 0 aromatic carbocycles. The van der Waals surface area contributed by atoms with Gasteiger partial charge in [0.1, 0.15) is 0 Å². The molecule has 0 aliphatic heterocycles. The summed E-state index contributed by atoms with van der Waals surface area (Å²) >= 11 is 0. The Hall–Kier alpha value is -1.62. The summed E-state index contributed by atoms with van der Waals surface area (Å²) in [5, 5.41) is 7.67. The van der Waals surface area contributed by atoms with Crippen molar-refractivity contribution in [1.29, 1.82) is 0 Å². The standard InChI is InChI=1S/C14H23N5/c1-3-6-15-7-5-14-11-18(12-16-14)9-13-8-17-19(4-2)10-13/h8,10-12,15H,3-7,9H2,1-2H3. The van der Waals surface area contributed by atoms with E-state index in [0.29, 0.717) is 0 Å². The molecule has 5 heteroatoms. The van der Waals surface area contributed by atoms with Gasteiger partial charge in [-0.05, 0) is 19.9 Å². The van der Waals surface area contributed by atoms with E-state index in [2.05, 4.69) is 46.2 Å². The number of nitrogens with one attached hydrogen (secondary N) is 1. The molecular weight excluding hydrogens is 238 g/mol. The summed E-state index contributed by atoms with van der Waals surface area (Å²) in [6.45, 7) is 8.11. The van der Waals surface area contributed by atoms with Gasteiger partial charge in [0.25, 0.3) is 0 Å². The van der Waals surface area contributed by atoms with Gasteiger partial charge in [0.15, 0.2) is 0 Å². The second-order valence-electron chi connectivity index (χ2n) is 4.74. The zero-order valence-corrected chi connectivity index (χ0v) is 11.8. The molecule has 2 rings (SSSR count). The highest BCUT2D eigenvalue weighted by Gasteiger charge is 2.01. The van der Waals surface area contributed by atoms with Crippen molar-refractivity contribution in [2.75, 3.05) is 13.1 Å². The van der Waals surface area contributed by atoms with Gasteiger partial charge in [-0.3, -0.25) is 4.68 Å². The zero-order valence-electron chi connectivity index (χ0n) is 11.8. The van der Waals surface area contributed by atoms with Gasteiger partial charge in [-0.1, -0.05) is 6.92 Å². The fourth-order valence-corrected chi connectivity index (χ4v) is 2.01. The van der Waals surface area contributed by atoms with Crippen molar-refractivity contribution in [2.24, 2.45) is 0 Å². The van der Waals surface area contributed by atoms with Gasteiger partial charge in [0, 0.05) is 37.5 Å². The Morgan fingerprint density at radius 1 is 1.21 bits per heavy atom. The molecule has 2 aromatic heterocycles. The van der Waals surface area contributed by atoms with Crippen LogP contribution in [0, 0.1) is 0 Å². The first kappa shape index (κ1) is 13.8. The maximum absolute atomic E-state index is 4.43. The third-order valence-electron chi connectivity index (χ3n) is 3.05. The van der Waals surface area contributed by atoms with Crippen molar-refractivity contribution in [1.82, 2.24) is 24.6 Å². The molecule has 5 nitrogen and oxygen atoms in total. The van der Waals surface area contributed by atoms with E-state index in [1.807, 2.05) is 17.2 Å². The van der Waals surface area contributed by atoms with Crippen LogP contribution in [0.4, 0.5) is 0 Å². The molecule has 19 heavy (non-hydrogen) atoms. The molecule has 0 saturated heterocycles. The summed E-state index contributed by atoms with van der Waals surface area (Å²) in [5.74, 6) is 0. The Balaban J connectivity index is 1.83. The van der Waals surface area contributed by atoms with Crippen LogP contribution in [0.5, 0.6) is 0 Å². The van der Waals surface area contributed by atoms with Gasteiger partial charge in [0.2, 0.25) is 0 Å². The molecule has 0 bridgehead atoms. The maximum Gasteiger partial charge on any atom is 0.0952 e. The van der Waals surface area contributed by atoms with Gasteiger partial charge in [0.05, 0.1) is 24.8 Å². The molecule has 0 atom stereocenters. The summed E-state index contributed by atoms with van der Waals surface area (Å²) in [6.07, 6.45) is 10.2. The number of hydrogen-bond donors (Lipinski definition) is 1. The molecule has 104 valence electrons. The molecule has 0 radical (unpaired) electrons. The predicted octanol–water partition coefficient (Wildman–Crippen LogP) is 1.69. The number of rotatable bonds is 8. The van der Waals surface area contributed by atoms with Crippen LogP contribution in [-0.2, 0) is 19.5 Å². The number of aromatic nitrogens is 4. The summed E-state index contributed by atoms with van der Waals surface area (Å²) in [4.78, 5) is 4.43. The second-order valence-corrected chi connectivity index (χ2v) is 4.74. The first-order valence-corrected chi connectivity index (χ1v) is 7.04. The molecule has 0 unspecified atom stereocenters. The summed E-state index contributed by atoms with van der Waals surface area (Å²) < 4.78 is 4.06. The monoisotopic (exact) mass is 261 g/mol. The molecule has 0 fully saturated rings. The quantitative estimate of drug-likeness (QED) is 0.736. The van der Waals surface area contributed by atoms with E-state index >= 15 is 0 Å². The van der Waals surface area contributed by atoms with Crippen LogP contribution in [0.2, 0.25) is 0 Å². The SMILES string of the molecule is CCCNCCc1cn(Cc2cnn(CC)c2)cn1. The summed E-state index contributed by atoms with van der Waals surface area (Å²) in [7, 11) is 0. The first-order chi connectivity index (χ1) is 9.31. The van der Waals surface area contributed by atoms with Crippen molar-refractivity contribution in [3.8, 4) is 0 Å².